The molecule has 172 valence electrons. The van der Waals surface area contributed by atoms with Crippen LogP contribution in [0.15, 0.2) is 36.5 Å². The minimum atomic E-state index is -0.770. The molecule has 2 aromatic carbocycles. The Hall–Kier alpha value is -2.70. The number of nitrogens with one attached hydrogen (secondary N) is 2. The number of ketones is 1. The molecule has 1 heterocycles. The molecule has 1 aromatic heterocycles. The first-order chi connectivity index (χ1) is 15.9. The van der Waals surface area contributed by atoms with Gasteiger partial charge in [0.15, 0.2) is 17.3 Å². The average molecular weight is 468 g/mol. The van der Waals surface area contributed by atoms with Crippen LogP contribution in [0.2, 0.25) is 5.02 Å². The van der Waals surface area contributed by atoms with Crippen molar-refractivity contribution in [2.75, 3.05) is 12.4 Å². The molecule has 3 N–H and O–H groups in total. The summed E-state index contributed by atoms with van der Waals surface area (Å²) in [4.78, 5) is 17.7. The van der Waals surface area contributed by atoms with Crippen molar-refractivity contribution in [3.8, 4) is 16.9 Å². The number of carbonyl (C=O) groups excluding carboxylic acids is 1. The SMILES string of the molecule is CN[C@H]1CC[C@H](Nc2c(C(=O)C3CC3)cnc3ccc(-c4cc(F)c(O)c(Cl)c4)cc23)CC1. The fourth-order valence-electron chi connectivity index (χ4n) is 4.74. The minimum Gasteiger partial charge on any atom is -0.504 e. The zero-order chi connectivity index (χ0) is 23.1. The molecule has 33 heavy (non-hydrogen) atoms. The number of aromatic nitrogens is 1. The number of hydrogen-bond donors (Lipinski definition) is 3. The Kier molecular flexibility index (Phi) is 5.97. The normalized spacial score (nSPS) is 20.7. The Balaban J connectivity index is 1.59. The quantitative estimate of drug-likeness (QED) is 0.391. The van der Waals surface area contributed by atoms with Crippen LogP contribution in [0, 0.1) is 11.7 Å². The molecule has 5 nitrogen and oxygen atoms in total. The Bertz CT molecular complexity index is 1200. The van der Waals surface area contributed by atoms with Crippen molar-refractivity contribution in [2.45, 2.75) is 50.6 Å². The van der Waals surface area contributed by atoms with Crippen LogP contribution in [-0.4, -0.2) is 35.0 Å². The molecule has 2 fully saturated rings. The van der Waals surface area contributed by atoms with E-state index < -0.39 is 11.6 Å². The maximum Gasteiger partial charge on any atom is 0.170 e. The second-order valence-corrected chi connectivity index (χ2v) is 9.59. The molecule has 0 spiro atoms. The first-order valence-corrected chi connectivity index (χ1v) is 11.9. The third-order valence-electron chi connectivity index (χ3n) is 6.92. The molecule has 3 aromatic rings. The largest absolute Gasteiger partial charge is 0.504 e. The highest BCUT2D eigenvalue weighted by Crippen LogP contribution is 2.39. The standard InChI is InChI=1S/C26H27ClFN3O2/c1-29-17-5-7-18(8-6-17)31-24-19-10-15(16-11-21(27)26(33)22(28)12-16)4-9-23(19)30-13-20(24)25(32)14-2-3-14/h4,9-14,17-18,29,33H,2-3,5-8H2,1H3,(H,30,31)/t17-,18-. The number of benzene rings is 2. The molecule has 7 heteroatoms. The maximum atomic E-state index is 14.1. The van der Waals surface area contributed by atoms with Crippen molar-refractivity contribution in [3.63, 3.8) is 0 Å². The summed E-state index contributed by atoms with van der Waals surface area (Å²) in [6, 6.07) is 9.26. The molecule has 0 bridgehead atoms. The monoisotopic (exact) mass is 467 g/mol. The number of hydrogen-bond acceptors (Lipinski definition) is 5. The van der Waals surface area contributed by atoms with Crippen LogP contribution >= 0.6 is 11.6 Å². The molecule has 0 atom stereocenters. The number of Topliss-reactive ketones (excluding diaryl/α,β-unsaturated/α-hetero) is 1. The van der Waals surface area contributed by atoms with E-state index in [0.717, 1.165) is 60.7 Å². The molecular formula is C26H27ClFN3O2. The summed E-state index contributed by atoms with van der Waals surface area (Å²) in [6.07, 6.45) is 7.75. The highest BCUT2D eigenvalue weighted by Gasteiger charge is 2.33. The zero-order valence-corrected chi connectivity index (χ0v) is 19.3. The number of phenols is 1. The average Bonchev–Trinajstić information content (AvgIpc) is 3.68. The van der Waals surface area contributed by atoms with Crippen LogP contribution in [0.5, 0.6) is 5.75 Å². The van der Waals surface area contributed by atoms with Crippen LogP contribution in [-0.2, 0) is 0 Å². The van der Waals surface area contributed by atoms with E-state index in [2.05, 4.69) is 15.6 Å². The summed E-state index contributed by atoms with van der Waals surface area (Å²) in [7, 11) is 2.00. The lowest BCUT2D eigenvalue weighted by molar-refractivity contribution is 0.0968. The van der Waals surface area contributed by atoms with Crippen LogP contribution in [0.3, 0.4) is 0 Å². The number of nitrogens with zero attached hydrogens (tertiary/aromatic N) is 1. The zero-order valence-electron chi connectivity index (χ0n) is 18.5. The van der Waals surface area contributed by atoms with E-state index in [0.29, 0.717) is 17.2 Å². The van der Waals surface area contributed by atoms with Crippen LogP contribution < -0.4 is 10.6 Å². The summed E-state index contributed by atoms with van der Waals surface area (Å²) in [5, 5.41) is 17.5. The van der Waals surface area contributed by atoms with Gasteiger partial charge in [0, 0.05) is 29.6 Å². The fourth-order valence-corrected chi connectivity index (χ4v) is 4.95. The Morgan fingerprint density at radius 2 is 1.79 bits per heavy atom. The van der Waals surface area contributed by atoms with Gasteiger partial charge < -0.3 is 15.7 Å². The van der Waals surface area contributed by atoms with E-state index in [1.807, 2.05) is 25.2 Å². The lowest BCUT2D eigenvalue weighted by Gasteiger charge is -2.30. The Morgan fingerprint density at radius 1 is 1.06 bits per heavy atom. The molecular weight excluding hydrogens is 441 g/mol. The molecule has 0 radical (unpaired) electrons. The van der Waals surface area contributed by atoms with Gasteiger partial charge in [-0.05, 0) is 81.0 Å². The molecule has 0 amide bonds. The number of pyridine rings is 1. The van der Waals surface area contributed by atoms with E-state index >= 15 is 0 Å². The summed E-state index contributed by atoms with van der Waals surface area (Å²) in [6.45, 7) is 0. The molecule has 2 saturated carbocycles. The van der Waals surface area contributed by atoms with Gasteiger partial charge in [-0.15, -0.1) is 0 Å². The Labute approximate surface area is 197 Å². The number of aromatic hydroxyl groups is 1. The number of phenolic OH excluding ortho intramolecular Hbond substituents is 1. The maximum absolute atomic E-state index is 14.1. The molecule has 0 saturated heterocycles. The minimum absolute atomic E-state index is 0.0412. The molecule has 2 aliphatic rings. The van der Waals surface area contributed by atoms with Crippen LogP contribution in [0.25, 0.3) is 22.0 Å². The van der Waals surface area contributed by atoms with Gasteiger partial charge in [0.25, 0.3) is 0 Å². The third-order valence-corrected chi connectivity index (χ3v) is 7.20. The third kappa shape index (κ3) is 4.42. The van der Waals surface area contributed by atoms with Gasteiger partial charge in [-0.3, -0.25) is 9.78 Å². The number of carbonyl (C=O) groups is 1. The summed E-state index contributed by atoms with van der Waals surface area (Å²) < 4.78 is 14.1. The predicted octanol–water partition coefficient (Wildman–Crippen LogP) is 5.94. The van der Waals surface area contributed by atoms with Gasteiger partial charge in [0.05, 0.1) is 21.8 Å². The van der Waals surface area contributed by atoms with Crippen LogP contribution in [0.1, 0.15) is 48.9 Å². The van der Waals surface area contributed by atoms with Crippen molar-refractivity contribution >= 4 is 34.0 Å². The summed E-state index contributed by atoms with van der Waals surface area (Å²) >= 11 is 6.02. The van der Waals surface area contributed by atoms with Crippen molar-refractivity contribution < 1.29 is 14.3 Å². The highest BCUT2D eigenvalue weighted by atomic mass is 35.5. The summed E-state index contributed by atoms with van der Waals surface area (Å²) in [5.74, 6) is -1.11. The second-order valence-electron chi connectivity index (χ2n) is 9.19. The van der Waals surface area contributed by atoms with E-state index in [4.69, 9.17) is 11.6 Å². The van der Waals surface area contributed by atoms with Gasteiger partial charge in [-0.25, -0.2) is 4.39 Å². The van der Waals surface area contributed by atoms with Crippen molar-refractivity contribution in [1.82, 2.24) is 10.3 Å². The van der Waals surface area contributed by atoms with E-state index in [1.54, 1.807) is 12.3 Å². The number of halogens is 2. The second kappa shape index (κ2) is 8.92. The van der Waals surface area contributed by atoms with Crippen molar-refractivity contribution in [1.29, 1.82) is 0 Å². The van der Waals surface area contributed by atoms with Gasteiger partial charge >= 0.3 is 0 Å². The lowest BCUT2D eigenvalue weighted by Crippen LogP contribution is -2.35. The smallest absolute Gasteiger partial charge is 0.170 e. The lowest BCUT2D eigenvalue weighted by atomic mass is 9.90. The highest BCUT2D eigenvalue weighted by molar-refractivity contribution is 6.32. The number of rotatable bonds is 6. The molecule has 2 aliphatic carbocycles. The predicted molar refractivity (Wildman–Crippen MR) is 130 cm³/mol. The topological polar surface area (TPSA) is 74.2 Å². The first-order valence-electron chi connectivity index (χ1n) is 11.5. The van der Waals surface area contributed by atoms with E-state index in [1.165, 1.54) is 6.07 Å². The van der Waals surface area contributed by atoms with Crippen molar-refractivity contribution in [2.24, 2.45) is 5.92 Å². The van der Waals surface area contributed by atoms with E-state index in [-0.39, 0.29) is 22.8 Å². The number of fused-ring (bicyclic) bond motifs is 1. The fraction of sp³-hybridized carbons (Fsp3) is 0.385. The number of anilines is 1. The van der Waals surface area contributed by atoms with Crippen molar-refractivity contribution in [3.05, 3.63) is 52.9 Å². The molecule has 0 aliphatic heterocycles. The van der Waals surface area contributed by atoms with Gasteiger partial charge in [-0.2, -0.15) is 0 Å². The summed E-state index contributed by atoms with van der Waals surface area (Å²) in [5.41, 5.74) is 3.51. The van der Waals surface area contributed by atoms with Crippen LogP contribution in [0.4, 0.5) is 10.1 Å². The van der Waals surface area contributed by atoms with Gasteiger partial charge in [0.1, 0.15) is 0 Å². The molecule has 0 unspecified atom stereocenters. The van der Waals surface area contributed by atoms with Gasteiger partial charge in [-0.1, -0.05) is 17.7 Å². The van der Waals surface area contributed by atoms with E-state index in [9.17, 15) is 14.3 Å². The van der Waals surface area contributed by atoms with Gasteiger partial charge in [0.2, 0.25) is 0 Å². The first kappa shape index (κ1) is 22.1. The Morgan fingerprint density at radius 3 is 2.45 bits per heavy atom. The molecule has 5 rings (SSSR count).